The number of nitrogens with two attached hydrogens (primary N) is 1. The highest BCUT2D eigenvalue weighted by atomic mass is 32.1. The van der Waals surface area contributed by atoms with Crippen molar-refractivity contribution in [3.63, 3.8) is 0 Å². The average molecular weight is 197 g/mol. The monoisotopic (exact) mass is 197 g/mol. The van der Waals surface area contributed by atoms with E-state index in [9.17, 15) is 4.79 Å². The number of thiol groups is 1. The van der Waals surface area contributed by atoms with Gasteiger partial charge >= 0.3 is 5.97 Å². The summed E-state index contributed by atoms with van der Waals surface area (Å²) in [5.41, 5.74) is 6.44. The lowest BCUT2D eigenvalue weighted by Gasteiger charge is -2.11. The molecule has 1 aromatic rings. The minimum Gasteiger partial charge on any atom is -0.481 e. The number of carbonyl (C=O) groups is 1. The Bertz CT molecular complexity index is 314. The molecule has 0 saturated heterocycles. The molecule has 3 N–H and O–H groups in total. The van der Waals surface area contributed by atoms with Gasteiger partial charge in [-0.1, -0.05) is 18.2 Å². The van der Waals surface area contributed by atoms with Crippen LogP contribution in [0.25, 0.3) is 0 Å². The van der Waals surface area contributed by atoms with E-state index in [0.29, 0.717) is 0 Å². The molecule has 0 unspecified atom stereocenters. The molecule has 0 spiro atoms. The molecule has 0 aromatic heterocycles. The molecule has 1 rings (SSSR count). The van der Waals surface area contributed by atoms with Crippen molar-refractivity contribution in [1.29, 1.82) is 0 Å². The molecule has 0 bridgehead atoms. The summed E-state index contributed by atoms with van der Waals surface area (Å²) in [4.78, 5) is 11.1. The zero-order chi connectivity index (χ0) is 9.84. The van der Waals surface area contributed by atoms with Gasteiger partial charge in [0.05, 0.1) is 6.42 Å². The quantitative estimate of drug-likeness (QED) is 0.643. The first kappa shape index (κ1) is 10.1. The van der Waals surface area contributed by atoms with Crippen LogP contribution in [0.4, 0.5) is 0 Å². The normalized spacial score (nSPS) is 12.5. The average Bonchev–Trinajstić information content (AvgIpc) is 2.03. The highest BCUT2D eigenvalue weighted by molar-refractivity contribution is 7.80. The molecule has 0 saturated carbocycles. The summed E-state index contributed by atoms with van der Waals surface area (Å²) in [6, 6.07) is 6.75. The number of benzene rings is 1. The van der Waals surface area contributed by atoms with Crippen molar-refractivity contribution in [2.24, 2.45) is 5.73 Å². The van der Waals surface area contributed by atoms with E-state index >= 15 is 0 Å². The maximum Gasteiger partial charge on any atom is 0.305 e. The molecule has 0 aliphatic carbocycles. The molecule has 70 valence electrons. The predicted octanol–water partition coefficient (Wildman–Crippen LogP) is 1.45. The van der Waals surface area contributed by atoms with Crippen LogP contribution in [0.3, 0.4) is 0 Å². The van der Waals surface area contributed by atoms with E-state index < -0.39 is 12.0 Å². The topological polar surface area (TPSA) is 63.3 Å². The number of aliphatic carboxylic acids is 1. The molecule has 0 aliphatic rings. The van der Waals surface area contributed by atoms with Crippen molar-refractivity contribution in [3.8, 4) is 0 Å². The maximum atomic E-state index is 10.4. The van der Waals surface area contributed by atoms with Crippen molar-refractivity contribution in [3.05, 3.63) is 29.8 Å². The van der Waals surface area contributed by atoms with Crippen LogP contribution in [-0.2, 0) is 4.79 Å². The Balaban J connectivity index is 2.82. The molecule has 0 radical (unpaired) electrons. The highest BCUT2D eigenvalue weighted by Gasteiger charge is 2.12. The Morgan fingerprint density at radius 2 is 2.15 bits per heavy atom. The van der Waals surface area contributed by atoms with Gasteiger partial charge in [-0.25, -0.2) is 0 Å². The van der Waals surface area contributed by atoms with Gasteiger partial charge in [0, 0.05) is 10.9 Å². The largest absolute Gasteiger partial charge is 0.481 e. The Hall–Kier alpha value is -1.00. The van der Waals surface area contributed by atoms with Crippen molar-refractivity contribution < 1.29 is 9.90 Å². The van der Waals surface area contributed by atoms with Crippen LogP contribution >= 0.6 is 12.6 Å². The van der Waals surface area contributed by atoms with Crippen molar-refractivity contribution in [1.82, 2.24) is 0 Å². The van der Waals surface area contributed by atoms with Gasteiger partial charge in [-0.15, -0.1) is 12.6 Å². The molecule has 0 heterocycles. The van der Waals surface area contributed by atoms with E-state index in [1.54, 1.807) is 12.1 Å². The van der Waals surface area contributed by atoms with Crippen LogP contribution in [-0.4, -0.2) is 11.1 Å². The lowest BCUT2D eigenvalue weighted by Crippen LogP contribution is -2.15. The summed E-state index contributed by atoms with van der Waals surface area (Å²) in [5, 5.41) is 8.53. The van der Waals surface area contributed by atoms with Gasteiger partial charge in [0.25, 0.3) is 0 Å². The van der Waals surface area contributed by atoms with E-state index in [1.807, 2.05) is 12.1 Å². The summed E-state index contributed by atoms with van der Waals surface area (Å²) < 4.78 is 0. The number of hydrogen-bond acceptors (Lipinski definition) is 3. The van der Waals surface area contributed by atoms with Gasteiger partial charge in [0.15, 0.2) is 0 Å². The van der Waals surface area contributed by atoms with Gasteiger partial charge < -0.3 is 10.8 Å². The van der Waals surface area contributed by atoms with Gasteiger partial charge in [-0.2, -0.15) is 0 Å². The fourth-order valence-electron chi connectivity index (χ4n) is 1.10. The molecule has 1 atom stereocenters. The van der Waals surface area contributed by atoms with Gasteiger partial charge in [-0.3, -0.25) is 4.79 Å². The van der Waals surface area contributed by atoms with Crippen LogP contribution in [0.2, 0.25) is 0 Å². The summed E-state index contributed by atoms with van der Waals surface area (Å²) in [6.45, 7) is 0. The first-order chi connectivity index (χ1) is 6.11. The molecule has 13 heavy (non-hydrogen) atoms. The molecule has 0 fully saturated rings. The summed E-state index contributed by atoms with van der Waals surface area (Å²) in [6.07, 6.45) is -0.0719. The first-order valence-corrected chi connectivity index (χ1v) is 4.31. The van der Waals surface area contributed by atoms with Gasteiger partial charge in [-0.05, 0) is 11.6 Å². The van der Waals surface area contributed by atoms with Crippen LogP contribution in [0.1, 0.15) is 18.0 Å². The van der Waals surface area contributed by atoms with Crippen molar-refractivity contribution >= 4 is 18.6 Å². The smallest absolute Gasteiger partial charge is 0.305 e. The van der Waals surface area contributed by atoms with E-state index in [-0.39, 0.29) is 6.42 Å². The minimum absolute atomic E-state index is 0.0719. The second kappa shape index (κ2) is 4.30. The van der Waals surface area contributed by atoms with E-state index in [1.165, 1.54) is 0 Å². The Morgan fingerprint density at radius 3 is 2.69 bits per heavy atom. The third-order valence-electron chi connectivity index (χ3n) is 1.73. The Morgan fingerprint density at radius 1 is 1.54 bits per heavy atom. The molecule has 0 aliphatic heterocycles. The number of carboxylic acids is 1. The third-order valence-corrected chi connectivity index (χ3v) is 2.14. The van der Waals surface area contributed by atoms with Crippen LogP contribution < -0.4 is 5.73 Å². The Kier molecular flexibility index (Phi) is 3.33. The van der Waals surface area contributed by atoms with E-state index in [0.717, 1.165) is 10.5 Å². The second-order valence-electron chi connectivity index (χ2n) is 2.76. The lowest BCUT2D eigenvalue weighted by atomic mass is 10.1. The molecule has 3 nitrogen and oxygen atoms in total. The maximum absolute atomic E-state index is 10.4. The van der Waals surface area contributed by atoms with Gasteiger partial charge in [0.2, 0.25) is 0 Å². The summed E-state index contributed by atoms with van der Waals surface area (Å²) in [7, 11) is 0. The van der Waals surface area contributed by atoms with Crippen molar-refractivity contribution in [2.75, 3.05) is 0 Å². The standard InChI is InChI=1S/C9H11NO2S/c10-7(5-9(11)12)6-3-1-2-4-8(6)13/h1-4,7,13H,5,10H2,(H,11,12)/t7-/m1/s1. The number of rotatable bonds is 3. The van der Waals surface area contributed by atoms with Gasteiger partial charge in [0.1, 0.15) is 0 Å². The van der Waals surface area contributed by atoms with Crippen LogP contribution in [0, 0.1) is 0 Å². The fourth-order valence-corrected chi connectivity index (χ4v) is 1.43. The SMILES string of the molecule is N[C@H](CC(=O)O)c1ccccc1S. The zero-order valence-electron chi connectivity index (χ0n) is 6.97. The van der Waals surface area contributed by atoms with Crippen molar-refractivity contribution in [2.45, 2.75) is 17.4 Å². The van der Waals surface area contributed by atoms with E-state index in [4.69, 9.17) is 10.8 Å². The molecule has 0 amide bonds. The molecular weight excluding hydrogens is 186 g/mol. The van der Waals surface area contributed by atoms with Crippen LogP contribution in [0.5, 0.6) is 0 Å². The van der Waals surface area contributed by atoms with Crippen LogP contribution in [0.15, 0.2) is 29.2 Å². The number of carboxylic acid groups (broad SMARTS) is 1. The second-order valence-corrected chi connectivity index (χ2v) is 3.24. The first-order valence-electron chi connectivity index (χ1n) is 3.86. The number of hydrogen-bond donors (Lipinski definition) is 3. The molecular formula is C9H11NO2S. The predicted molar refractivity (Wildman–Crippen MR) is 52.9 cm³/mol. The highest BCUT2D eigenvalue weighted by Crippen LogP contribution is 2.21. The fraction of sp³-hybridized carbons (Fsp3) is 0.222. The lowest BCUT2D eigenvalue weighted by molar-refractivity contribution is -0.137. The zero-order valence-corrected chi connectivity index (χ0v) is 7.87. The minimum atomic E-state index is -0.899. The summed E-state index contributed by atoms with van der Waals surface area (Å²) in [5.74, 6) is -0.899. The Labute approximate surface area is 82.0 Å². The third kappa shape index (κ3) is 2.75. The summed E-state index contributed by atoms with van der Waals surface area (Å²) >= 11 is 4.19. The molecule has 1 aromatic carbocycles. The van der Waals surface area contributed by atoms with E-state index in [2.05, 4.69) is 12.6 Å². The molecule has 4 heteroatoms.